The highest BCUT2D eigenvalue weighted by molar-refractivity contribution is 6.35. The second kappa shape index (κ2) is 11.7. The molecule has 0 N–H and O–H groups in total. The van der Waals surface area contributed by atoms with Gasteiger partial charge in [0.25, 0.3) is 5.91 Å². The Balaban J connectivity index is 1.28. The van der Waals surface area contributed by atoms with Gasteiger partial charge in [0.15, 0.2) is 12.3 Å². The summed E-state index contributed by atoms with van der Waals surface area (Å²) in [5, 5.41) is 1.83. The summed E-state index contributed by atoms with van der Waals surface area (Å²) in [4.78, 5) is 26.4. The van der Waals surface area contributed by atoms with Crippen LogP contribution in [0.3, 0.4) is 0 Å². The third-order valence-electron chi connectivity index (χ3n) is 7.17. The lowest BCUT2D eigenvalue weighted by molar-refractivity contribution is -0.133. The number of amides is 1. The van der Waals surface area contributed by atoms with Gasteiger partial charge in [-0.1, -0.05) is 65.7 Å². The first-order chi connectivity index (χ1) is 20.0. The van der Waals surface area contributed by atoms with Crippen LogP contribution in [0.5, 0.6) is 11.5 Å². The number of carbonyl (C=O) groups is 1. The molecule has 5 aromatic rings. The van der Waals surface area contributed by atoms with Crippen molar-refractivity contribution in [3.05, 3.63) is 95.4 Å². The minimum atomic E-state index is -0.101. The van der Waals surface area contributed by atoms with Gasteiger partial charge in [-0.15, -0.1) is 0 Å². The number of aromatic nitrogens is 3. The molecule has 208 valence electrons. The molecule has 10 heteroatoms. The topological polar surface area (TPSA) is 72.7 Å². The zero-order valence-electron chi connectivity index (χ0n) is 22.3. The van der Waals surface area contributed by atoms with E-state index in [0.717, 1.165) is 39.4 Å². The number of nitrogens with zero attached hydrogens (tertiary/aromatic N) is 5. The van der Waals surface area contributed by atoms with E-state index in [0.29, 0.717) is 42.0 Å². The first kappa shape index (κ1) is 26.9. The Labute approximate surface area is 247 Å². The number of carbonyl (C=O) groups excluding carboxylic acids is 1. The molecule has 1 saturated heterocycles. The molecule has 6 rings (SSSR count). The lowest BCUT2D eigenvalue weighted by atomic mass is 10.1. The zero-order valence-corrected chi connectivity index (χ0v) is 23.8. The molecule has 0 aliphatic carbocycles. The van der Waals surface area contributed by atoms with Crippen molar-refractivity contribution in [3.8, 4) is 28.3 Å². The molecule has 1 fully saturated rings. The molecule has 3 aromatic carbocycles. The first-order valence-corrected chi connectivity index (χ1v) is 13.9. The van der Waals surface area contributed by atoms with Crippen molar-refractivity contribution in [1.29, 1.82) is 0 Å². The van der Waals surface area contributed by atoms with E-state index < -0.39 is 0 Å². The van der Waals surface area contributed by atoms with E-state index in [9.17, 15) is 4.79 Å². The zero-order chi connectivity index (χ0) is 28.3. The van der Waals surface area contributed by atoms with Crippen LogP contribution in [-0.4, -0.2) is 65.2 Å². The van der Waals surface area contributed by atoms with Crippen molar-refractivity contribution in [2.45, 2.75) is 0 Å². The van der Waals surface area contributed by atoms with E-state index in [2.05, 4.69) is 27.8 Å². The van der Waals surface area contributed by atoms with E-state index in [-0.39, 0.29) is 12.5 Å². The van der Waals surface area contributed by atoms with Crippen LogP contribution >= 0.6 is 23.2 Å². The van der Waals surface area contributed by atoms with Gasteiger partial charge in [-0.05, 0) is 35.9 Å². The van der Waals surface area contributed by atoms with Gasteiger partial charge >= 0.3 is 0 Å². The van der Waals surface area contributed by atoms with Gasteiger partial charge in [0.1, 0.15) is 23.6 Å². The van der Waals surface area contributed by atoms with E-state index in [4.69, 9.17) is 42.6 Å². The number of para-hydroxylation sites is 2. The quantitative estimate of drug-likeness (QED) is 0.228. The normalized spacial score (nSPS) is 13.4. The number of hydrogen-bond acceptors (Lipinski definition) is 6. The van der Waals surface area contributed by atoms with E-state index in [1.54, 1.807) is 36.5 Å². The number of fused-ring (bicyclic) bond motifs is 1. The summed E-state index contributed by atoms with van der Waals surface area (Å²) in [7, 11) is 1.67. The lowest BCUT2D eigenvalue weighted by Gasteiger charge is -2.35. The summed E-state index contributed by atoms with van der Waals surface area (Å²) in [6.07, 6.45) is 3.69. The predicted molar refractivity (Wildman–Crippen MR) is 162 cm³/mol. The minimum Gasteiger partial charge on any atom is -0.495 e. The summed E-state index contributed by atoms with van der Waals surface area (Å²) >= 11 is 12.1. The summed E-state index contributed by atoms with van der Waals surface area (Å²) < 4.78 is 13.4. The Hall–Kier alpha value is -4.27. The van der Waals surface area contributed by atoms with Gasteiger partial charge in [-0.25, -0.2) is 9.97 Å². The minimum absolute atomic E-state index is 0.0982. The smallest absolute Gasteiger partial charge is 0.260 e. The monoisotopic (exact) mass is 587 g/mol. The molecule has 0 atom stereocenters. The van der Waals surface area contributed by atoms with Gasteiger partial charge in [0.05, 0.1) is 23.2 Å². The van der Waals surface area contributed by atoms with Crippen LogP contribution in [0, 0.1) is 0 Å². The number of halogens is 2. The number of rotatable bonds is 7. The second-order valence-electron chi connectivity index (χ2n) is 9.58. The van der Waals surface area contributed by atoms with Gasteiger partial charge in [0, 0.05) is 43.0 Å². The van der Waals surface area contributed by atoms with Crippen molar-refractivity contribution < 1.29 is 14.3 Å². The van der Waals surface area contributed by atoms with Gasteiger partial charge in [-0.3, -0.25) is 9.36 Å². The maximum atomic E-state index is 12.9. The van der Waals surface area contributed by atoms with Crippen LogP contribution in [-0.2, 0) is 4.79 Å². The lowest BCUT2D eigenvalue weighted by Crippen LogP contribution is -2.50. The van der Waals surface area contributed by atoms with Crippen LogP contribution in [0.15, 0.2) is 85.3 Å². The molecule has 3 heterocycles. The summed E-state index contributed by atoms with van der Waals surface area (Å²) in [5.41, 5.74) is 3.76. The Morgan fingerprint density at radius 3 is 2.41 bits per heavy atom. The highest BCUT2D eigenvalue weighted by Gasteiger charge is 2.26. The third-order valence-corrected chi connectivity index (χ3v) is 7.70. The molecule has 1 aliphatic rings. The molecule has 0 saturated carbocycles. The predicted octanol–water partition coefficient (Wildman–Crippen LogP) is 6.13. The highest BCUT2D eigenvalue weighted by atomic mass is 35.5. The first-order valence-electron chi connectivity index (χ1n) is 13.2. The average molecular weight is 588 g/mol. The Kier molecular flexibility index (Phi) is 7.67. The molecule has 1 amide bonds. The number of piperazine rings is 1. The molecule has 0 radical (unpaired) electrons. The van der Waals surface area contributed by atoms with Crippen LogP contribution in [0.2, 0.25) is 10.0 Å². The van der Waals surface area contributed by atoms with Crippen molar-refractivity contribution in [2.24, 2.45) is 0 Å². The summed E-state index contributed by atoms with van der Waals surface area (Å²) in [6, 6.07) is 23.0. The van der Waals surface area contributed by atoms with Crippen LogP contribution in [0.1, 0.15) is 0 Å². The maximum absolute atomic E-state index is 12.9. The Morgan fingerprint density at radius 1 is 0.902 bits per heavy atom. The third kappa shape index (κ3) is 5.40. The fraction of sp³-hybridized carbons (Fsp3) is 0.194. The number of benzene rings is 3. The average Bonchev–Trinajstić information content (AvgIpc) is 3.41. The van der Waals surface area contributed by atoms with Crippen molar-refractivity contribution in [3.63, 3.8) is 0 Å². The molecule has 0 spiro atoms. The second-order valence-corrected chi connectivity index (χ2v) is 10.4. The van der Waals surface area contributed by atoms with Crippen LogP contribution in [0.4, 0.5) is 5.82 Å². The van der Waals surface area contributed by atoms with Crippen LogP contribution < -0.4 is 14.4 Å². The van der Waals surface area contributed by atoms with Crippen molar-refractivity contribution in [1.82, 2.24) is 19.4 Å². The number of hydrogen-bond donors (Lipinski definition) is 0. The number of methoxy groups -OCH3 is 1. The summed E-state index contributed by atoms with van der Waals surface area (Å²) in [5.74, 6) is 1.91. The standard InChI is InChI=1S/C31H27Cl2N5O3/c1-40-27-10-6-5-9-25(27)38-18-23(21-7-3-2-4-8-21)29-30(34-20-35-31(29)38)37-15-13-36(14-16-37)28(39)19-41-26-12-11-22(32)17-24(26)33/h2-12,17-18,20H,13-16,19H2,1H3. The molecule has 1 aliphatic heterocycles. The fourth-order valence-electron chi connectivity index (χ4n) is 5.13. The summed E-state index contributed by atoms with van der Waals surface area (Å²) in [6.45, 7) is 2.21. The molecule has 0 unspecified atom stereocenters. The molecule has 0 bridgehead atoms. The number of anilines is 1. The van der Waals surface area contributed by atoms with Gasteiger partial charge < -0.3 is 19.3 Å². The van der Waals surface area contributed by atoms with Gasteiger partial charge in [0.2, 0.25) is 0 Å². The van der Waals surface area contributed by atoms with E-state index in [1.807, 2.05) is 42.5 Å². The van der Waals surface area contributed by atoms with E-state index >= 15 is 0 Å². The number of ether oxygens (including phenoxy) is 2. The Morgan fingerprint density at radius 2 is 1.66 bits per heavy atom. The largest absolute Gasteiger partial charge is 0.495 e. The van der Waals surface area contributed by atoms with E-state index in [1.165, 1.54) is 0 Å². The molecular weight excluding hydrogens is 561 g/mol. The van der Waals surface area contributed by atoms with Crippen molar-refractivity contribution in [2.75, 3.05) is 44.8 Å². The van der Waals surface area contributed by atoms with Crippen molar-refractivity contribution >= 4 is 46.0 Å². The van der Waals surface area contributed by atoms with Crippen LogP contribution in [0.25, 0.3) is 27.8 Å². The molecule has 41 heavy (non-hydrogen) atoms. The Bertz CT molecular complexity index is 1700. The molecule has 8 nitrogen and oxygen atoms in total. The maximum Gasteiger partial charge on any atom is 0.260 e. The SMILES string of the molecule is COc1ccccc1-n1cc(-c2ccccc2)c2c(N3CCN(C(=O)COc4ccc(Cl)cc4Cl)CC3)ncnc21. The fourth-order valence-corrected chi connectivity index (χ4v) is 5.59. The molecular formula is C31H27Cl2N5O3. The van der Waals surface area contributed by atoms with Gasteiger partial charge in [-0.2, -0.15) is 0 Å². The molecule has 2 aromatic heterocycles. The highest BCUT2D eigenvalue weighted by Crippen LogP contribution is 2.38.